The number of benzene rings is 2. The van der Waals surface area contributed by atoms with Gasteiger partial charge < -0.3 is 0 Å². The van der Waals surface area contributed by atoms with Crippen molar-refractivity contribution in [1.29, 1.82) is 0 Å². The molecule has 0 saturated carbocycles. The van der Waals surface area contributed by atoms with Crippen LogP contribution in [0.4, 0.5) is 0 Å². The fourth-order valence-electron chi connectivity index (χ4n) is 1.83. The van der Waals surface area contributed by atoms with Crippen LogP contribution in [0.15, 0.2) is 60.7 Å². The van der Waals surface area contributed by atoms with E-state index in [9.17, 15) is 0 Å². The Morgan fingerprint density at radius 2 is 1.05 bits per heavy atom. The van der Waals surface area contributed by atoms with E-state index >= 15 is 0 Å². The number of hydrogen-bond acceptors (Lipinski definition) is 1. The van der Waals surface area contributed by atoms with E-state index < -0.39 is 0 Å². The molecule has 2 atom stereocenters. The van der Waals surface area contributed by atoms with Gasteiger partial charge in [-0.25, -0.2) is 0 Å². The van der Waals surface area contributed by atoms with Crippen LogP contribution in [0.3, 0.4) is 0 Å². The monoisotopic (exact) mass is 386 g/mol. The van der Waals surface area contributed by atoms with Crippen LogP contribution in [-0.4, -0.2) is 45.2 Å². The molecule has 2 aromatic rings. The summed E-state index contributed by atoms with van der Waals surface area (Å²) in [6.45, 7) is 1.48. The van der Waals surface area contributed by atoms with Gasteiger partial charge in [0.1, 0.15) is 0 Å². The average Bonchev–Trinajstić information content (AvgIpc) is 2.49. The third kappa shape index (κ3) is 4.80. The van der Waals surface area contributed by atoms with Crippen LogP contribution in [0.5, 0.6) is 0 Å². The van der Waals surface area contributed by atoms with Crippen LogP contribution >= 0.6 is 0 Å². The van der Waals surface area contributed by atoms with Crippen molar-refractivity contribution in [3.05, 3.63) is 71.8 Å². The standard InChI is InChI=1S/C16H18OSe2/c18-15(13-7-3-1-4-8-13)11-17-12-16(19)14-9-5-2-6-10-14/h1-10,15-16,18-19H,11-12H2. The molecule has 0 heterocycles. The van der Waals surface area contributed by atoms with Crippen molar-refractivity contribution in [2.75, 3.05) is 13.2 Å². The molecular weight excluding hydrogens is 366 g/mol. The molecule has 100 valence electrons. The number of rotatable bonds is 6. The summed E-state index contributed by atoms with van der Waals surface area (Å²) >= 11 is 5.38. The van der Waals surface area contributed by atoms with Gasteiger partial charge in [0.05, 0.1) is 0 Å². The van der Waals surface area contributed by atoms with Crippen LogP contribution in [0, 0.1) is 0 Å². The van der Waals surface area contributed by atoms with Gasteiger partial charge in [-0.1, -0.05) is 0 Å². The molecule has 19 heavy (non-hydrogen) atoms. The summed E-state index contributed by atoms with van der Waals surface area (Å²) in [6.07, 6.45) is 0. The summed E-state index contributed by atoms with van der Waals surface area (Å²) in [6, 6.07) is 20.9. The van der Waals surface area contributed by atoms with Crippen molar-refractivity contribution in [1.82, 2.24) is 0 Å². The van der Waals surface area contributed by atoms with Crippen molar-refractivity contribution >= 4 is 32.0 Å². The van der Waals surface area contributed by atoms with Crippen molar-refractivity contribution < 1.29 is 4.74 Å². The molecule has 0 saturated heterocycles. The summed E-state index contributed by atoms with van der Waals surface area (Å²) in [5.41, 5.74) is 2.62. The van der Waals surface area contributed by atoms with Crippen molar-refractivity contribution in [3.63, 3.8) is 0 Å². The van der Waals surface area contributed by atoms with Gasteiger partial charge in [0.15, 0.2) is 0 Å². The Bertz CT molecular complexity index is 427. The van der Waals surface area contributed by atoms with Crippen molar-refractivity contribution in [2.45, 2.75) is 9.63 Å². The summed E-state index contributed by atoms with van der Waals surface area (Å²) in [4.78, 5) is 0.758. The van der Waals surface area contributed by atoms with Gasteiger partial charge >= 0.3 is 131 Å². The van der Waals surface area contributed by atoms with E-state index in [1.807, 2.05) is 12.1 Å². The zero-order valence-electron chi connectivity index (χ0n) is 10.6. The molecule has 2 rings (SSSR count). The zero-order valence-corrected chi connectivity index (χ0v) is 14.4. The normalized spacial score (nSPS) is 14.0. The zero-order chi connectivity index (χ0) is 13.5. The molecule has 0 N–H and O–H groups in total. The molecule has 0 spiro atoms. The first-order chi connectivity index (χ1) is 9.27. The van der Waals surface area contributed by atoms with Crippen molar-refractivity contribution in [2.24, 2.45) is 0 Å². The third-order valence-electron chi connectivity index (χ3n) is 2.92. The Morgan fingerprint density at radius 3 is 1.42 bits per heavy atom. The molecule has 0 amide bonds. The summed E-state index contributed by atoms with van der Waals surface area (Å²) in [5, 5.41) is 0. The Balaban J connectivity index is 1.78. The van der Waals surface area contributed by atoms with Gasteiger partial charge in [-0.15, -0.1) is 0 Å². The van der Waals surface area contributed by atoms with E-state index in [4.69, 9.17) is 4.74 Å². The molecule has 0 aliphatic carbocycles. The van der Waals surface area contributed by atoms with E-state index in [2.05, 4.69) is 80.6 Å². The number of hydrogen-bond donors (Lipinski definition) is 0. The Morgan fingerprint density at radius 1 is 0.684 bits per heavy atom. The van der Waals surface area contributed by atoms with Gasteiger partial charge in [0, 0.05) is 0 Å². The molecular formula is C16H18OSe2. The SMILES string of the molecule is [SeH]C(COCC([SeH])c1ccccc1)c1ccccc1. The molecule has 1 nitrogen and oxygen atoms in total. The first-order valence-corrected chi connectivity index (χ1v) is 8.48. The van der Waals surface area contributed by atoms with Crippen LogP contribution in [0.2, 0.25) is 0 Å². The average molecular weight is 384 g/mol. The van der Waals surface area contributed by atoms with Gasteiger partial charge in [0.25, 0.3) is 0 Å². The minimum atomic E-state index is 0.379. The van der Waals surface area contributed by atoms with Crippen LogP contribution in [0.1, 0.15) is 20.8 Å². The predicted octanol–water partition coefficient (Wildman–Crippen LogP) is 2.29. The maximum atomic E-state index is 5.83. The van der Waals surface area contributed by atoms with Gasteiger partial charge in [-0.05, 0) is 0 Å². The van der Waals surface area contributed by atoms with Crippen LogP contribution < -0.4 is 0 Å². The molecule has 0 aliphatic rings. The van der Waals surface area contributed by atoms with Crippen LogP contribution in [-0.2, 0) is 4.74 Å². The third-order valence-corrected chi connectivity index (χ3v) is 4.80. The molecule has 2 unspecified atom stereocenters. The van der Waals surface area contributed by atoms with Crippen molar-refractivity contribution in [3.8, 4) is 0 Å². The first-order valence-electron chi connectivity index (χ1n) is 6.31. The Kier molecular flexibility index (Phi) is 6.16. The fraction of sp³-hybridized carbons (Fsp3) is 0.250. The van der Waals surface area contributed by atoms with Gasteiger partial charge in [-0.2, -0.15) is 0 Å². The Labute approximate surface area is 131 Å². The topological polar surface area (TPSA) is 9.23 Å². The second-order valence-electron chi connectivity index (χ2n) is 4.39. The molecule has 0 radical (unpaired) electrons. The second kappa shape index (κ2) is 7.89. The summed E-state index contributed by atoms with van der Waals surface area (Å²) in [7, 11) is 0. The van der Waals surface area contributed by atoms with E-state index in [1.54, 1.807) is 0 Å². The number of ether oxygens (including phenoxy) is 1. The van der Waals surface area contributed by atoms with E-state index in [1.165, 1.54) is 11.1 Å². The summed E-state index contributed by atoms with van der Waals surface area (Å²) < 4.78 is 5.83. The van der Waals surface area contributed by atoms with E-state index in [-0.39, 0.29) is 0 Å². The molecule has 0 fully saturated rings. The van der Waals surface area contributed by atoms with Gasteiger partial charge in [0.2, 0.25) is 0 Å². The molecule has 0 aliphatic heterocycles. The van der Waals surface area contributed by atoms with E-state index in [0.29, 0.717) is 9.63 Å². The van der Waals surface area contributed by atoms with Gasteiger partial charge in [-0.3, -0.25) is 0 Å². The predicted molar refractivity (Wildman–Crippen MR) is 83.5 cm³/mol. The molecule has 0 aromatic heterocycles. The molecule has 2 aromatic carbocycles. The Hall–Kier alpha value is -0.561. The quantitative estimate of drug-likeness (QED) is 0.695. The molecule has 0 bridgehead atoms. The minimum absolute atomic E-state index is 0.379. The summed E-state index contributed by atoms with van der Waals surface area (Å²) in [5.74, 6) is 0. The maximum absolute atomic E-state index is 5.83. The van der Waals surface area contributed by atoms with Crippen LogP contribution in [0.25, 0.3) is 0 Å². The second-order valence-corrected chi connectivity index (χ2v) is 7.01. The first kappa shape index (κ1) is 14.8. The van der Waals surface area contributed by atoms with E-state index in [0.717, 1.165) is 13.2 Å². The fourth-order valence-corrected chi connectivity index (χ4v) is 3.00. The molecule has 3 heteroatoms.